The molecule has 0 aromatic carbocycles. The van der Waals surface area contributed by atoms with Gasteiger partial charge in [-0.05, 0) is 18.8 Å². The highest BCUT2D eigenvalue weighted by molar-refractivity contribution is 4.69. The maximum absolute atomic E-state index is 5.26. The van der Waals surface area contributed by atoms with Gasteiger partial charge < -0.3 is 4.74 Å². The van der Waals surface area contributed by atoms with E-state index in [4.69, 9.17) is 4.74 Å². The van der Waals surface area contributed by atoms with Crippen LogP contribution in [0.4, 0.5) is 0 Å². The second kappa shape index (κ2) is 7.60. The van der Waals surface area contributed by atoms with Crippen LogP contribution in [0.2, 0.25) is 0 Å². The molecule has 0 heterocycles. The van der Waals surface area contributed by atoms with Crippen molar-refractivity contribution in [1.29, 1.82) is 0 Å². The summed E-state index contributed by atoms with van der Waals surface area (Å²) < 4.78 is 5.26. The second-order valence-corrected chi connectivity index (χ2v) is 3.84. The fourth-order valence-electron chi connectivity index (χ4n) is 1.59. The monoisotopic (exact) mass is 172 g/mol. The molecular weight excluding hydrogens is 148 g/mol. The summed E-state index contributed by atoms with van der Waals surface area (Å²) in [5, 5.41) is 0. The molecule has 0 spiro atoms. The molecule has 0 aliphatic heterocycles. The maximum atomic E-state index is 5.26. The molecule has 74 valence electrons. The van der Waals surface area contributed by atoms with Crippen LogP contribution in [0.1, 0.15) is 52.9 Å². The Bertz CT molecular complexity index is 91.0. The number of rotatable bonds is 1. The Morgan fingerprint density at radius 2 is 1.83 bits per heavy atom. The lowest BCUT2D eigenvalue weighted by atomic mass is 9.89. The molecule has 1 aliphatic carbocycles. The molecule has 1 rings (SSSR count). The number of hydrogen-bond donors (Lipinski definition) is 0. The summed E-state index contributed by atoms with van der Waals surface area (Å²) in [5.41, 5.74) is 0. The first-order valence-corrected chi connectivity index (χ1v) is 5.27. The molecule has 1 fully saturated rings. The minimum atomic E-state index is 0.564. The van der Waals surface area contributed by atoms with Gasteiger partial charge in [0.2, 0.25) is 0 Å². The van der Waals surface area contributed by atoms with E-state index in [2.05, 4.69) is 20.8 Å². The van der Waals surface area contributed by atoms with Crippen molar-refractivity contribution in [3.8, 4) is 0 Å². The largest absolute Gasteiger partial charge is 0.381 e. The van der Waals surface area contributed by atoms with Crippen molar-refractivity contribution in [2.24, 2.45) is 5.92 Å². The van der Waals surface area contributed by atoms with E-state index < -0.39 is 0 Å². The first kappa shape index (κ1) is 12.0. The van der Waals surface area contributed by atoms with Crippen LogP contribution in [-0.2, 0) is 4.74 Å². The van der Waals surface area contributed by atoms with Gasteiger partial charge in [0.15, 0.2) is 0 Å². The van der Waals surface area contributed by atoms with E-state index in [9.17, 15) is 0 Å². The normalized spacial score (nSPS) is 29.0. The predicted molar refractivity (Wildman–Crippen MR) is 54.4 cm³/mol. The number of ether oxygens (including phenoxy) is 1. The van der Waals surface area contributed by atoms with Crippen LogP contribution >= 0.6 is 0 Å². The standard InChI is InChI=1S/C8H16O.C3H8/c1-7-4-3-5-8(6-7)9-2;1-3-2/h7-8H,3-6H2,1-2H3;3H2,1-2H3/t7-,8+;/m0./s1. The summed E-state index contributed by atoms with van der Waals surface area (Å²) in [5.74, 6) is 0.892. The fourth-order valence-corrected chi connectivity index (χ4v) is 1.59. The van der Waals surface area contributed by atoms with Crippen molar-refractivity contribution in [2.45, 2.75) is 59.0 Å². The van der Waals surface area contributed by atoms with Crippen molar-refractivity contribution in [3.05, 3.63) is 0 Å². The van der Waals surface area contributed by atoms with E-state index in [0.717, 1.165) is 5.92 Å². The van der Waals surface area contributed by atoms with Crippen LogP contribution in [0.15, 0.2) is 0 Å². The SMILES string of the molecule is CCC.CO[C@@H]1CCC[C@H](C)C1. The van der Waals surface area contributed by atoms with E-state index in [1.54, 1.807) is 0 Å². The first-order chi connectivity index (χ1) is 5.74. The fraction of sp³-hybridized carbons (Fsp3) is 1.00. The highest BCUT2D eigenvalue weighted by atomic mass is 16.5. The van der Waals surface area contributed by atoms with E-state index in [1.165, 1.54) is 32.1 Å². The zero-order chi connectivity index (χ0) is 9.40. The summed E-state index contributed by atoms with van der Waals surface area (Å²) in [4.78, 5) is 0. The van der Waals surface area contributed by atoms with Crippen LogP contribution in [0, 0.1) is 5.92 Å². The molecule has 12 heavy (non-hydrogen) atoms. The van der Waals surface area contributed by atoms with Crippen LogP contribution in [0.25, 0.3) is 0 Å². The molecule has 0 N–H and O–H groups in total. The summed E-state index contributed by atoms with van der Waals surface area (Å²) in [6, 6.07) is 0. The van der Waals surface area contributed by atoms with E-state index in [-0.39, 0.29) is 0 Å². The highest BCUT2D eigenvalue weighted by Gasteiger charge is 2.17. The first-order valence-electron chi connectivity index (χ1n) is 5.27. The second-order valence-electron chi connectivity index (χ2n) is 3.84. The van der Waals surface area contributed by atoms with Gasteiger partial charge in [-0.25, -0.2) is 0 Å². The minimum Gasteiger partial charge on any atom is -0.381 e. The molecule has 1 saturated carbocycles. The van der Waals surface area contributed by atoms with Gasteiger partial charge in [0.1, 0.15) is 0 Å². The molecule has 1 nitrogen and oxygen atoms in total. The van der Waals surface area contributed by atoms with Gasteiger partial charge in [-0.3, -0.25) is 0 Å². The molecule has 0 aromatic heterocycles. The van der Waals surface area contributed by atoms with E-state index in [1.807, 2.05) is 7.11 Å². The Balaban J connectivity index is 0.000000354. The summed E-state index contributed by atoms with van der Waals surface area (Å²) >= 11 is 0. The zero-order valence-electron chi connectivity index (χ0n) is 9.10. The smallest absolute Gasteiger partial charge is 0.0573 e. The number of methoxy groups -OCH3 is 1. The number of hydrogen-bond acceptors (Lipinski definition) is 1. The lowest BCUT2D eigenvalue weighted by Crippen LogP contribution is -2.19. The molecule has 1 heteroatoms. The maximum Gasteiger partial charge on any atom is 0.0573 e. The topological polar surface area (TPSA) is 9.23 Å². The molecule has 0 saturated heterocycles. The van der Waals surface area contributed by atoms with Gasteiger partial charge >= 0.3 is 0 Å². The molecular formula is C11H24O. The van der Waals surface area contributed by atoms with Gasteiger partial charge in [0, 0.05) is 7.11 Å². The average Bonchev–Trinajstić information content (AvgIpc) is 2.06. The van der Waals surface area contributed by atoms with Crippen molar-refractivity contribution >= 4 is 0 Å². The van der Waals surface area contributed by atoms with Crippen LogP contribution < -0.4 is 0 Å². The lowest BCUT2D eigenvalue weighted by Gasteiger charge is -2.25. The summed E-state index contributed by atoms with van der Waals surface area (Å²) in [6.07, 6.45) is 7.13. The summed E-state index contributed by atoms with van der Waals surface area (Å²) in [7, 11) is 1.82. The molecule has 0 aromatic rings. The van der Waals surface area contributed by atoms with Gasteiger partial charge in [-0.2, -0.15) is 0 Å². The Hall–Kier alpha value is -0.0400. The highest BCUT2D eigenvalue weighted by Crippen LogP contribution is 2.24. The quantitative estimate of drug-likeness (QED) is 0.587. The van der Waals surface area contributed by atoms with Crippen LogP contribution in [0.5, 0.6) is 0 Å². The van der Waals surface area contributed by atoms with Gasteiger partial charge in [-0.1, -0.05) is 40.0 Å². The van der Waals surface area contributed by atoms with Crippen molar-refractivity contribution in [2.75, 3.05) is 7.11 Å². The zero-order valence-corrected chi connectivity index (χ0v) is 9.10. The Morgan fingerprint density at radius 1 is 1.25 bits per heavy atom. The van der Waals surface area contributed by atoms with Crippen LogP contribution in [-0.4, -0.2) is 13.2 Å². The molecule has 0 bridgehead atoms. The molecule has 0 radical (unpaired) electrons. The Labute approximate surface area is 77.5 Å². The Morgan fingerprint density at radius 3 is 2.17 bits per heavy atom. The van der Waals surface area contributed by atoms with Gasteiger partial charge in [0.05, 0.1) is 6.10 Å². The van der Waals surface area contributed by atoms with Crippen molar-refractivity contribution < 1.29 is 4.74 Å². The third-order valence-electron chi connectivity index (χ3n) is 2.22. The van der Waals surface area contributed by atoms with E-state index >= 15 is 0 Å². The van der Waals surface area contributed by atoms with Crippen molar-refractivity contribution in [1.82, 2.24) is 0 Å². The van der Waals surface area contributed by atoms with Crippen LogP contribution in [0.3, 0.4) is 0 Å². The van der Waals surface area contributed by atoms with Gasteiger partial charge in [-0.15, -0.1) is 0 Å². The molecule has 2 atom stereocenters. The minimum absolute atomic E-state index is 0.564. The third-order valence-corrected chi connectivity index (χ3v) is 2.22. The van der Waals surface area contributed by atoms with Gasteiger partial charge in [0.25, 0.3) is 0 Å². The molecule has 0 amide bonds. The molecule has 0 unspecified atom stereocenters. The van der Waals surface area contributed by atoms with E-state index in [0.29, 0.717) is 6.10 Å². The third kappa shape index (κ3) is 5.59. The average molecular weight is 172 g/mol. The van der Waals surface area contributed by atoms with Crippen molar-refractivity contribution in [3.63, 3.8) is 0 Å². The summed E-state index contributed by atoms with van der Waals surface area (Å²) in [6.45, 7) is 6.56. The lowest BCUT2D eigenvalue weighted by molar-refractivity contribution is 0.0542. The Kier molecular flexibility index (Phi) is 7.58. The molecule has 1 aliphatic rings. The predicted octanol–water partition coefficient (Wildman–Crippen LogP) is 3.63.